The Hall–Kier alpha value is -2.10. The normalized spacial score (nSPS) is 10.7. The number of hydrogen-bond donors (Lipinski definition) is 2. The van der Waals surface area contributed by atoms with E-state index >= 15 is 0 Å². The van der Waals surface area contributed by atoms with Crippen molar-refractivity contribution in [1.29, 1.82) is 0 Å². The van der Waals surface area contributed by atoms with Crippen LogP contribution in [0.4, 0.5) is 11.8 Å². The molecular formula is C17H24N4. The highest BCUT2D eigenvalue weighted by Crippen LogP contribution is 2.11. The van der Waals surface area contributed by atoms with Crippen molar-refractivity contribution < 1.29 is 0 Å². The average Bonchev–Trinajstić information content (AvgIpc) is 2.43. The molecule has 0 aliphatic carbocycles. The van der Waals surface area contributed by atoms with Gasteiger partial charge in [0.1, 0.15) is 5.82 Å². The molecule has 0 fully saturated rings. The summed E-state index contributed by atoms with van der Waals surface area (Å²) < 4.78 is 0. The van der Waals surface area contributed by atoms with E-state index in [-0.39, 0.29) is 0 Å². The number of hydrogen-bond acceptors (Lipinski definition) is 4. The predicted molar refractivity (Wildman–Crippen MR) is 88.8 cm³/mol. The van der Waals surface area contributed by atoms with Crippen LogP contribution in [-0.4, -0.2) is 22.6 Å². The van der Waals surface area contributed by atoms with Crippen LogP contribution in [0.1, 0.15) is 31.5 Å². The van der Waals surface area contributed by atoms with Gasteiger partial charge in [0.15, 0.2) is 0 Å². The second kappa shape index (κ2) is 7.62. The van der Waals surface area contributed by atoms with Crippen LogP contribution in [0, 0.1) is 6.92 Å². The van der Waals surface area contributed by atoms with E-state index in [4.69, 9.17) is 0 Å². The Morgan fingerprint density at radius 2 is 1.86 bits per heavy atom. The number of nitrogens with zero attached hydrogens (tertiary/aromatic N) is 2. The SMILES string of the molecule is Cc1cc(NCCCc2ccccc2)nc(NC(C)C)n1. The van der Waals surface area contributed by atoms with E-state index in [1.54, 1.807) is 0 Å². The summed E-state index contributed by atoms with van der Waals surface area (Å²) in [5.41, 5.74) is 2.35. The smallest absolute Gasteiger partial charge is 0.225 e. The fraction of sp³-hybridized carbons (Fsp3) is 0.412. The zero-order valence-electron chi connectivity index (χ0n) is 13.1. The molecule has 1 heterocycles. The van der Waals surface area contributed by atoms with Gasteiger partial charge in [0.2, 0.25) is 5.95 Å². The van der Waals surface area contributed by atoms with Gasteiger partial charge < -0.3 is 10.6 Å². The predicted octanol–water partition coefficient (Wildman–Crippen LogP) is 3.65. The number of benzene rings is 1. The summed E-state index contributed by atoms with van der Waals surface area (Å²) in [5.74, 6) is 1.58. The molecule has 4 nitrogen and oxygen atoms in total. The number of anilines is 2. The van der Waals surface area contributed by atoms with Gasteiger partial charge in [-0.2, -0.15) is 4.98 Å². The molecule has 0 bridgehead atoms. The molecule has 0 atom stereocenters. The third kappa shape index (κ3) is 5.42. The third-order valence-corrected chi connectivity index (χ3v) is 3.06. The fourth-order valence-corrected chi connectivity index (χ4v) is 2.14. The molecule has 2 N–H and O–H groups in total. The zero-order chi connectivity index (χ0) is 15.1. The summed E-state index contributed by atoms with van der Waals surface area (Å²) >= 11 is 0. The van der Waals surface area contributed by atoms with Crippen LogP contribution < -0.4 is 10.6 Å². The minimum absolute atomic E-state index is 0.331. The van der Waals surface area contributed by atoms with Gasteiger partial charge in [-0.05, 0) is 39.2 Å². The molecule has 2 rings (SSSR count). The largest absolute Gasteiger partial charge is 0.370 e. The van der Waals surface area contributed by atoms with Crippen molar-refractivity contribution in [2.24, 2.45) is 0 Å². The molecule has 112 valence electrons. The maximum absolute atomic E-state index is 4.48. The molecule has 0 aliphatic rings. The van der Waals surface area contributed by atoms with Crippen molar-refractivity contribution in [3.05, 3.63) is 47.7 Å². The Labute approximate surface area is 127 Å². The summed E-state index contributed by atoms with van der Waals surface area (Å²) in [5, 5.41) is 6.62. The van der Waals surface area contributed by atoms with Gasteiger partial charge in [-0.3, -0.25) is 0 Å². The Morgan fingerprint density at radius 1 is 1.10 bits per heavy atom. The molecular weight excluding hydrogens is 260 g/mol. The highest BCUT2D eigenvalue weighted by atomic mass is 15.1. The van der Waals surface area contributed by atoms with E-state index < -0.39 is 0 Å². The molecule has 4 heteroatoms. The van der Waals surface area contributed by atoms with E-state index in [0.29, 0.717) is 12.0 Å². The summed E-state index contributed by atoms with van der Waals surface area (Å²) in [6.45, 7) is 7.06. The van der Waals surface area contributed by atoms with Gasteiger partial charge in [-0.1, -0.05) is 30.3 Å². The quantitative estimate of drug-likeness (QED) is 0.762. The zero-order valence-corrected chi connectivity index (χ0v) is 13.1. The summed E-state index contributed by atoms with van der Waals surface area (Å²) in [6, 6.07) is 12.9. The maximum Gasteiger partial charge on any atom is 0.225 e. The molecule has 2 aromatic rings. The summed E-state index contributed by atoms with van der Waals surface area (Å²) in [6.07, 6.45) is 2.16. The van der Waals surface area contributed by atoms with E-state index in [2.05, 4.69) is 64.8 Å². The molecule has 0 saturated heterocycles. The van der Waals surface area contributed by atoms with Gasteiger partial charge in [-0.25, -0.2) is 4.98 Å². The first-order valence-electron chi connectivity index (χ1n) is 7.53. The molecule has 1 aromatic heterocycles. The van der Waals surface area contributed by atoms with Crippen molar-refractivity contribution in [3.8, 4) is 0 Å². The minimum atomic E-state index is 0.331. The Bertz CT molecular complexity index is 552. The molecule has 0 amide bonds. The number of aromatic nitrogens is 2. The lowest BCUT2D eigenvalue weighted by Gasteiger charge is -2.11. The van der Waals surface area contributed by atoms with Crippen molar-refractivity contribution in [2.45, 2.75) is 39.7 Å². The third-order valence-electron chi connectivity index (χ3n) is 3.06. The van der Waals surface area contributed by atoms with Gasteiger partial charge in [0.05, 0.1) is 0 Å². The van der Waals surface area contributed by atoms with Gasteiger partial charge >= 0.3 is 0 Å². The Balaban J connectivity index is 1.84. The fourth-order valence-electron chi connectivity index (χ4n) is 2.14. The van der Waals surface area contributed by atoms with E-state index in [1.165, 1.54) is 5.56 Å². The van der Waals surface area contributed by atoms with Crippen molar-refractivity contribution in [3.63, 3.8) is 0 Å². The first-order chi connectivity index (χ1) is 10.1. The van der Waals surface area contributed by atoms with Gasteiger partial charge in [-0.15, -0.1) is 0 Å². The van der Waals surface area contributed by atoms with E-state index in [1.807, 2.05) is 13.0 Å². The maximum atomic E-state index is 4.48. The first kappa shape index (κ1) is 15.3. The van der Waals surface area contributed by atoms with Crippen molar-refractivity contribution >= 4 is 11.8 Å². The average molecular weight is 284 g/mol. The van der Waals surface area contributed by atoms with Crippen LogP contribution in [-0.2, 0) is 6.42 Å². The van der Waals surface area contributed by atoms with E-state index in [9.17, 15) is 0 Å². The van der Waals surface area contributed by atoms with Crippen LogP contribution in [0.3, 0.4) is 0 Å². The number of rotatable bonds is 7. The van der Waals surface area contributed by atoms with Crippen LogP contribution in [0.15, 0.2) is 36.4 Å². The Morgan fingerprint density at radius 3 is 2.57 bits per heavy atom. The number of aryl methyl sites for hydroxylation is 2. The highest BCUT2D eigenvalue weighted by molar-refractivity contribution is 5.42. The van der Waals surface area contributed by atoms with Crippen molar-refractivity contribution in [2.75, 3.05) is 17.2 Å². The number of nitrogens with one attached hydrogen (secondary N) is 2. The monoisotopic (exact) mass is 284 g/mol. The highest BCUT2D eigenvalue weighted by Gasteiger charge is 2.03. The minimum Gasteiger partial charge on any atom is -0.370 e. The topological polar surface area (TPSA) is 49.8 Å². The van der Waals surface area contributed by atoms with Crippen LogP contribution in [0.25, 0.3) is 0 Å². The summed E-state index contributed by atoms with van der Waals surface area (Å²) in [7, 11) is 0. The molecule has 1 aromatic carbocycles. The molecule has 0 spiro atoms. The lowest BCUT2D eigenvalue weighted by molar-refractivity contribution is 0.849. The summed E-state index contributed by atoms with van der Waals surface area (Å²) in [4.78, 5) is 8.87. The molecule has 0 radical (unpaired) electrons. The second-order valence-corrected chi connectivity index (χ2v) is 5.53. The van der Waals surface area contributed by atoms with Crippen LogP contribution >= 0.6 is 0 Å². The first-order valence-corrected chi connectivity index (χ1v) is 7.53. The molecule has 21 heavy (non-hydrogen) atoms. The molecule has 0 saturated carbocycles. The lowest BCUT2D eigenvalue weighted by Crippen LogP contribution is -2.14. The van der Waals surface area contributed by atoms with Crippen LogP contribution in [0.5, 0.6) is 0 Å². The van der Waals surface area contributed by atoms with Crippen LogP contribution in [0.2, 0.25) is 0 Å². The lowest BCUT2D eigenvalue weighted by atomic mass is 10.1. The van der Waals surface area contributed by atoms with Crippen molar-refractivity contribution in [1.82, 2.24) is 9.97 Å². The van der Waals surface area contributed by atoms with Gasteiger partial charge in [0.25, 0.3) is 0 Å². The Kier molecular flexibility index (Phi) is 5.55. The van der Waals surface area contributed by atoms with E-state index in [0.717, 1.165) is 30.9 Å². The molecule has 0 aliphatic heterocycles. The molecule has 0 unspecified atom stereocenters. The standard InChI is InChI=1S/C17H24N4/c1-13(2)19-17-20-14(3)12-16(21-17)18-11-7-10-15-8-5-4-6-9-15/h4-6,8-9,12-13H,7,10-11H2,1-3H3,(H2,18,19,20,21). The second-order valence-electron chi connectivity index (χ2n) is 5.53. The van der Waals surface area contributed by atoms with Gasteiger partial charge in [0, 0.05) is 24.3 Å².